The molecule has 0 bridgehead atoms. The second kappa shape index (κ2) is 4.10. The summed E-state index contributed by atoms with van der Waals surface area (Å²) in [6, 6.07) is 1.74. The summed E-state index contributed by atoms with van der Waals surface area (Å²) in [4.78, 5) is 7.48. The quantitative estimate of drug-likeness (QED) is 0.679. The zero-order chi connectivity index (χ0) is 8.10. The molecular formula is C6H7ClN2O2. The minimum atomic E-state index is -0.0596. The van der Waals surface area contributed by atoms with Gasteiger partial charge in [-0.1, -0.05) is 11.6 Å². The maximum atomic E-state index is 8.38. The fourth-order valence-corrected chi connectivity index (χ4v) is 0.655. The van der Waals surface area contributed by atoms with Crippen LogP contribution in [0.15, 0.2) is 12.3 Å². The van der Waals surface area contributed by atoms with Crippen LogP contribution in [0.2, 0.25) is 5.15 Å². The van der Waals surface area contributed by atoms with Crippen molar-refractivity contribution in [2.75, 3.05) is 13.2 Å². The highest BCUT2D eigenvalue weighted by molar-refractivity contribution is 6.29. The second-order valence-electron chi connectivity index (χ2n) is 1.73. The molecule has 1 rings (SSSR count). The summed E-state index contributed by atoms with van der Waals surface area (Å²) in [6.07, 6.45) is 1.49. The topological polar surface area (TPSA) is 55.2 Å². The van der Waals surface area contributed by atoms with Gasteiger partial charge in [0.15, 0.2) is 0 Å². The molecule has 0 aliphatic rings. The molecule has 60 valence electrons. The molecule has 0 saturated carbocycles. The summed E-state index contributed by atoms with van der Waals surface area (Å²) in [5.74, 6) is 0. The molecular weight excluding hydrogens is 168 g/mol. The van der Waals surface area contributed by atoms with E-state index in [2.05, 4.69) is 9.97 Å². The summed E-state index contributed by atoms with van der Waals surface area (Å²) in [7, 11) is 0. The lowest BCUT2D eigenvalue weighted by molar-refractivity contribution is 0.191. The fourth-order valence-electron chi connectivity index (χ4n) is 0.527. The smallest absolute Gasteiger partial charge is 0.317 e. The molecule has 0 unspecified atom stereocenters. The van der Waals surface area contributed by atoms with Crippen LogP contribution in [0.5, 0.6) is 6.01 Å². The van der Waals surface area contributed by atoms with E-state index >= 15 is 0 Å². The predicted octanol–water partition coefficient (Wildman–Crippen LogP) is 0.501. The van der Waals surface area contributed by atoms with Gasteiger partial charge in [-0.3, -0.25) is 0 Å². The number of rotatable bonds is 3. The molecule has 0 amide bonds. The van der Waals surface area contributed by atoms with E-state index in [1.807, 2.05) is 0 Å². The Morgan fingerprint density at radius 3 is 3.09 bits per heavy atom. The standard InChI is InChI=1S/C6H7ClN2O2/c7-5-1-2-8-6(9-5)11-4-3-10/h1-2,10H,3-4H2. The Morgan fingerprint density at radius 1 is 1.64 bits per heavy atom. The van der Waals surface area contributed by atoms with Gasteiger partial charge in [0.2, 0.25) is 0 Å². The van der Waals surface area contributed by atoms with Crippen molar-refractivity contribution in [3.05, 3.63) is 17.4 Å². The van der Waals surface area contributed by atoms with E-state index in [9.17, 15) is 0 Å². The molecule has 5 heteroatoms. The summed E-state index contributed by atoms with van der Waals surface area (Å²) in [6.45, 7) is 0.121. The number of nitrogens with zero attached hydrogens (tertiary/aromatic N) is 2. The van der Waals surface area contributed by atoms with Crippen LogP contribution in [0.3, 0.4) is 0 Å². The fraction of sp³-hybridized carbons (Fsp3) is 0.333. The van der Waals surface area contributed by atoms with Crippen LogP contribution in [0.1, 0.15) is 0 Å². The van der Waals surface area contributed by atoms with Gasteiger partial charge in [0.1, 0.15) is 11.8 Å². The molecule has 11 heavy (non-hydrogen) atoms. The van der Waals surface area contributed by atoms with Gasteiger partial charge in [0, 0.05) is 6.20 Å². The lowest BCUT2D eigenvalue weighted by Gasteiger charge is -1.99. The number of ether oxygens (including phenoxy) is 1. The Morgan fingerprint density at radius 2 is 2.45 bits per heavy atom. The van der Waals surface area contributed by atoms with E-state index in [1.54, 1.807) is 6.07 Å². The normalized spacial score (nSPS) is 9.64. The number of hydrogen-bond donors (Lipinski definition) is 1. The average Bonchev–Trinajstić information content (AvgIpc) is 2.01. The van der Waals surface area contributed by atoms with E-state index in [4.69, 9.17) is 21.4 Å². The van der Waals surface area contributed by atoms with Crippen LogP contribution in [0.4, 0.5) is 0 Å². The van der Waals surface area contributed by atoms with Crippen molar-refractivity contribution in [1.29, 1.82) is 0 Å². The Balaban J connectivity index is 2.56. The van der Waals surface area contributed by atoms with Crippen LogP contribution in [0, 0.1) is 0 Å². The Kier molecular flexibility index (Phi) is 3.07. The van der Waals surface area contributed by atoms with Gasteiger partial charge in [0.25, 0.3) is 0 Å². The first kappa shape index (κ1) is 8.23. The number of aromatic nitrogens is 2. The van der Waals surface area contributed by atoms with Gasteiger partial charge >= 0.3 is 6.01 Å². The van der Waals surface area contributed by atoms with Crippen LogP contribution >= 0.6 is 11.6 Å². The first-order valence-electron chi connectivity index (χ1n) is 3.05. The van der Waals surface area contributed by atoms with Crippen molar-refractivity contribution in [3.63, 3.8) is 0 Å². The SMILES string of the molecule is OCCOc1nccc(Cl)n1. The van der Waals surface area contributed by atoms with Gasteiger partial charge in [-0.05, 0) is 6.07 Å². The zero-order valence-corrected chi connectivity index (χ0v) is 6.45. The van der Waals surface area contributed by atoms with Crippen LogP contribution in [-0.4, -0.2) is 28.3 Å². The predicted molar refractivity (Wildman–Crippen MR) is 39.6 cm³/mol. The van der Waals surface area contributed by atoms with Gasteiger partial charge < -0.3 is 9.84 Å². The van der Waals surface area contributed by atoms with E-state index in [0.717, 1.165) is 0 Å². The maximum Gasteiger partial charge on any atom is 0.317 e. The zero-order valence-electron chi connectivity index (χ0n) is 5.70. The van der Waals surface area contributed by atoms with Crippen LogP contribution < -0.4 is 4.74 Å². The van der Waals surface area contributed by atoms with Crippen molar-refractivity contribution >= 4 is 11.6 Å². The monoisotopic (exact) mass is 174 g/mol. The molecule has 1 N–H and O–H groups in total. The number of hydrogen-bond acceptors (Lipinski definition) is 4. The molecule has 0 spiro atoms. The highest BCUT2D eigenvalue weighted by Gasteiger charge is 1.95. The molecule has 0 radical (unpaired) electrons. The van der Waals surface area contributed by atoms with Gasteiger partial charge in [-0.25, -0.2) is 4.98 Å². The van der Waals surface area contributed by atoms with Gasteiger partial charge in [-0.2, -0.15) is 4.98 Å². The summed E-state index contributed by atoms with van der Waals surface area (Å²) < 4.78 is 4.88. The highest BCUT2D eigenvalue weighted by atomic mass is 35.5. The van der Waals surface area contributed by atoms with Crippen molar-refractivity contribution in [2.24, 2.45) is 0 Å². The van der Waals surface area contributed by atoms with E-state index in [1.165, 1.54) is 6.20 Å². The number of aliphatic hydroxyl groups is 1. The van der Waals surface area contributed by atoms with Gasteiger partial charge in [0.05, 0.1) is 6.61 Å². The third-order valence-electron chi connectivity index (χ3n) is 0.922. The van der Waals surface area contributed by atoms with Crippen LogP contribution in [0.25, 0.3) is 0 Å². The summed E-state index contributed by atoms with van der Waals surface area (Å²) in [5.41, 5.74) is 0. The Hall–Kier alpha value is -0.870. The first-order chi connectivity index (χ1) is 5.33. The Labute approximate surface area is 68.8 Å². The maximum absolute atomic E-state index is 8.38. The summed E-state index contributed by atoms with van der Waals surface area (Å²) >= 11 is 5.53. The van der Waals surface area contributed by atoms with Crippen molar-refractivity contribution in [3.8, 4) is 6.01 Å². The molecule has 0 fully saturated rings. The molecule has 0 aliphatic heterocycles. The lowest BCUT2D eigenvalue weighted by atomic mass is 10.7. The van der Waals surface area contributed by atoms with E-state index in [-0.39, 0.29) is 19.2 Å². The molecule has 4 nitrogen and oxygen atoms in total. The molecule has 0 saturated heterocycles. The largest absolute Gasteiger partial charge is 0.461 e. The minimum absolute atomic E-state index is 0.0596. The highest BCUT2D eigenvalue weighted by Crippen LogP contribution is 2.06. The minimum Gasteiger partial charge on any atom is -0.461 e. The van der Waals surface area contributed by atoms with Crippen molar-refractivity contribution in [2.45, 2.75) is 0 Å². The third kappa shape index (κ3) is 2.69. The third-order valence-corrected chi connectivity index (χ3v) is 1.13. The van der Waals surface area contributed by atoms with Gasteiger partial charge in [-0.15, -0.1) is 0 Å². The molecule has 1 aromatic rings. The number of halogens is 1. The second-order valence-corrected chi connectivity index (χ2v) is 2.12. The van der Waals surface area contributed by atoms with Crippen molar-refractivity contribution in [1.82, 2.24) is 9.97 Å². The lowest BCUT2D eigenvalue weighted by Crippen LogP contribution is -2.04. The molecule has 0 aromatic carbocycles. The number of aliphatic hydroxyl groups excluding tert-OH is 1. The van der Waals surface area contributed by atoms with Crippen molar-refractivity contribution < 1.29 is 9.84 Å². The molecule has 0 aliphatic carbocycles. The van der Waals surface area contributed by atoms with E-state index < -0.39 is 0 Å². The van der Waals surface area contributed by atoms with Crippen LogP contribution in [-0.2, 0) is 0 Å². The first-order valence-corrected chi connectivity index (χ1v) is 3.43. The molecule has 1 heterocycles. The molecule has 1 aromatic heterocycles. The average molecular weight is 175 g/mol. The van der Waals surface area contributed by atoms with E-state index in [0.29, 0.717) is 5.15 Å². The Bertz CT molecular complexity index is 232. The molecule has 0 atom stereocenters. The summed E-state index contributed by atoms with van der Waals surface area (Å²) in [5, 5.41) is 8.71.